The number of benzene rings is 2. The van der Waals surface area contributed by atoms with E-state index in [2.05, 4.69) is 41.2 Å². The lowest BCUT2D eigenvalue weighted by molar-refractivity contribution is -0.140. The number of aliphatic carboxylic acids is 1. The Morgan fingerprint density at radius 2 is 1.66 bits per heavy atom. The molecule has 4 heterocycles. The highest BCUT2D eigenvalue weighted by molar-refractivity contribution is 6.25. The van der Waals surface area contributed by atoms with E-state index < -0.39 is 47.6 Å². The quantitative estimate of drug-likeness (QED) is 0.0496. The van der Waals surface area contributed by atoms with Gasteiger partial charge >= 0.3 is 5.97 Å². The van der Waals surface area contributed by atoms with Crippen LogP contribution < -0.4 is 37.6 Å². The summed E-state index contributed by atoms with van der Waals surface area (Å²) in [6.07, 6.45) is 6.81. The van der Waals surface area contributed by atoms with Gasteiger partial charge in [0.25, 0.3) is 17.7 Å². The van der Waals surface area contributed by atoms with E-state index >= 15 is 0 Å². The lowest BCUT2D eigenvalue weighted by Crippen LogP contribution is -2.54. The predicted molar refractivity (Wildman–Crippen MR) is 223 cm³/mol. The standard InChI is InChI=1S/C41H48N12O8/c1-52(22-24-21-46-35-33(47-24)34(42)50-41(43)51-35)25-13-11-23(12-14-25)36(56)48-28(40(60)61)15-17-30(54)45-20-7-5-3-2-4-6-19-44-27-10-8-9-26-32(27)39(59)53(38(26)58)29-16-18-31(55)49-37(29)57/h8-14,21,28-29,44H,2-7,15-20,22H2,1H3,(H,45,54)(H,48,56)(H,60,61)(H,49,55,57)(H4,42,43,46,50,51)/t28-,29?/m0/s1. The molecule has 9 N–H and O–H groups in total. The van der Waals surface area contributed by atoms with Crippen LogP contribution in [0.3, 0.4) is 0 Å². The second-order valence-corrected chi connectivity index (χ2v) is 14.9. The summed E-state index contributed by atoms with van der Waals surface area (Å²) in [5.41, 5.74) is 14.8. The summed E-state index contributed by atoms with van der Waals surface area (Å²) >= 11 is 0. The molecule has 6 amide bonds. The van der Waals surface area contributed by atoms with Crippen LogP contribution in [-0.2, 0) is 25.7 Å². The van der Waals surface area contributed by atoms with Crippen molar-refractivity contribution >= 4 is 75.7 Å². The minimum Gasteiger partial charge on any atom is -0.480 e. The first-order valence-corrected chi connectivity index (χ1v) is 20.1. The average molecular weight is 837 g/mol. The minimum absolute atomic E-state index is 0.00506. The largest absolute Gasteiger partial charge is 0.480 e. The Morgan fingerprint density at radius 1 is 0.934 bits per heavy atom. The number of carbonyl (C=O) groups is 7. The van der Waals surface area contributed by atoms with E-state index in [1.807, 2.05) is 11.9 Å². The number of carbonyl (C=O) groups excluding carboxylic acids is 6. The number of unbranched alkanes of at least 4 members (excludes halogenated alkanes) is 5. The van der Waals surface area contributed by atoms with E-state index in [4.69, 9.17) is 11.5 Å². The van der Waals surface area contributed by atoms with Gasteiger partial charge in [-0.15, -0.1) is 0 Å². The third-order valence-electron chi connectivity index (χ3n) is 10.4. The van der Waals surface area contributed by atoms with Crippen LogP contribution in [0.2, 0.25) is 0 Å². The second-order valence-electron chi connectivity index (χ2n) is 14.9. The highest BCUT2D eigenvalue weighted by Crippen LogP contribution is 2.32. The van der Waals surface area contributed by atoms with E-state index in [1.165, 1.54) is 0 Å². The zero-order chi connectivity index (χ0) is 43.6. The molecule has 20 heteroatoms. The zero-order valence-electron chi connectivity index (χ0n) is 33.6. The van der Waals surface area contributed by atoms with Crippen molar-refractivity contribution in [3.63, 3.8) is 0 Å². The van der Waals surface area contributed by atoms with Crippen molar-refractivity contribution in [3.05, 3.63) is 71.0 Å². The van der Waals surface area contributed by atoms with Gasteiger partial charge in [0.1, 0.15) is 12.1 Å². The van der Waals surface area contributed by atoms with Gasteiger partial charge in [-0.05, 0) is 62.1 Å². The van der Waals surface area contributed by atoms with E-state index in [-0.39, 0.29) is 65.7 Å². The number of amides is 6. The van der Waals surface area contributed by atoms with E-state index in [0.29, 0.717) is 36.5 Å². The van der Waals surface area contributed by atoms with Gasteiger partial charge in [0.15, 0.2) is 17.0 Å². The summed E-state index contributed by atoms with van der Waals surface area (Å²) in [4.78, 5) is 107. The molecule has 1 unspecified atom stereocenters. The third kappa shape index (κ3) is 10.7. The number of carboxylic acid groups (broad SMARTS) is 1. The zero-order valence-corrected chi connectivity index (χ0v) is 33.6. The second kappa shape index (κ2) is 19.7. The van der Waals surface area contributed by atoms with Crippen LogP contribution in [0.1, 0.15) is 101 Å². The number of nitrogens with zero attached hydrogens (tertiary/aromatic N) is 6. The average Bonchev–Trinajstić information content (AvgIpc) is 3.48. The highest BCUT2D eigenvalue weighted by Gasteiger charge is 2.45. The van der Waals surface area contributed by atoms with Crippen LogP contribution in [-0.4, -0.2) is 104 Å². The van der Waals surface area contributed by atoms with Crippen molar-refractivity contribution in [1.29, 1.82) is 0 Å². The fourth-order valence-corrected chi connectivity index (χ4v) is 7.19. The maximum Gasteiger partial charge on any atom is 0.326 e. The van der Waals surface area contributed by atoms with Gasteiger partial charge in [0.2, 0.25) is 23.7 Å². The van der Waals surface area contributed by atoms with Crippen LogP contribution in [0.4, 0.5) is 23.1 Å². The maximum atomic E-state index is 13.3. The van der Waals surface area contributed by atoms with Crippen LogP contribution in [0.15, 0.2) is 48.7 Å². The number of rotatable bonds is 20. The summed E-state index contributed by atoms with van der Waals surface area (Å²) in [7, 11) is 1.83. The first kappa shape index (κ1) is 43.3. The normalized spacial score (nSPS) is 15.3. The van der Waals surface area contributed by atoms with Crippen LogP contribution >= 0.6 is 0 Å². The van der Waals surface area contributed by atoms with E-state index in [1.54, 1.807) is 48.7 Å². The topological polar surface area (TPSA) is 298 Å². The van der Waals surface area contributed by atoms with Gasteiger partial charge in [-0.3, -0.25) is 39.0 Å². The summed E-state index contributed by atoms with van der Waals surface area (Å²) in [5, 5.41) is 20.5. The molecule has 20 nitrogen and oxygen atoms in total. The Bertz CT molecular complexity index is 2340. The highest BCUT2D eigenvalue weighted by atomic mass is 16.4. The molecule has 0 saturated carbocycles. The third-order valence-corrected chi connectivity index (χ3v) is 10.4. The first-order valence-electron chi connectivity index (χ1n) is 20.1. The molecule has 320 valence electrons. The van der Waals surface area contributed by atoms with Crippen molar-refractivity contribution in [3.8, 4) is 0 Å². The number of hydrogen-bond acceptors (Lipinski definition) is 15. The molecule has 61 heavy (non-hydrogen) atoms. The van der Waals surface area contributed by atoms with Crippen molar-refractivity contribution in [2.45, 2.75) is 82.8 Å². The van der Waals surface area contributed by atoms with E-state index in [9.17, 15) is 38.7 Å². The number of nitrogens with two attached hydrogens (primary N) is 2. The van der Waals surface area contributed by atoms with Crippen molar-refractivity contribution < 1.29 is 38.7 Å². The number of nitrogens with one attached hydrogen (secondary N) is 4. The molecule has 2 aromatic carbocycles. The molecular formula is C41H48N12O8. The molecule has 0 bridgehead atoms. The number of imide groups is 2. The lowest BCUT2D eigenvalue weighted by atomic mass is 10.0. The van der Waals surface area contributed by atoms with Crippen LogP contribution in [0.5, 0.6) is 0 Å². The predicted octanol–water partition coefficient (Wildman–Crippen LogP) is 2.15. The lowest BCUT2D eigenvalue weighted by Gasteiger charge is -2.27. The SMILES string of the molecule is CN(Cc1cnc2nc(N)nc(N)c2n1)c1ccc(C(=O)N[C@@H](CCC(=O)NCCCCCCCCNc2cccc3c2C(=O)N(C2CCC(=O)NC2=O)C3=O)C(=O)O)cc1. The maximum absolute atomic E-state index is 13.3. The number of anilines is 4. The van der Waals surface area contributed by atoms with Gasteiger partial charge in [0, 0.05) is 49.9 Å². The fourth-order valence-electron chi connectivity index (χ4n) is 7.19. The molecular weight excluding hydrogens is 789 g/mol. The number of carboxylic acids is 1. The van der Waals surface area contributed by atoms with Crippen molar-refractivity contribution in [2.24, 2.45) is 0 Å². The van der Waals surface area contributed by atoms with Crippen LogP contribution in [0, 0.1) is 0 Å². The number of piperidine rings is 1. The Hall–Kier alpha value is -7.25. The monoisotopic (exact) mass is 836 g/mol. The van der Waals surface area contributed by atoms with Gasteiger partial charge in [-0.25, -0.2) is 14.8 Å². The fraction of sp³-hybridized carbons (Fsp3) is 0.390. The number of hydrogen-bond donors (Lipinski definition) is 7. The Kier molecular flexibility index (Phi) is 14.0. The molecule has 2 aliphatic rings. The van der Waals surface area contributed by atoms with Crippen molar-refractivity contribution in [2.75, 3.05) is 41.8 Å². The number of fused-ring (bicyclic) bond motifs is 2. The Labute approximate surface area is 350 Å². The number of nitrogen functional groups attached to an aromatic ring is 2. The molecule has 2 aliphatic heterocycles. The van der Waals surface area contributed by atoms with Gasteiger partial charge < -0.3 is 37.4 Å². The minimum atomic E-state index is -1.26. The molecule has 0 aliphatic carbocycles. The summed E-state index contributed by atoms with van der Waals surface area (Å²) in [6.45, 7) is 1.37. The Morgan fingerprint density at radius 3 is 2.38 bits per heavy atom. The molecule has 6 rings (SSSR count). The van der Waals surface area contributed by atoms with Gasteiger partial charge in [0.05, 0.1) is 29.6 Å². The molecule has 0 radical (unpaired) electrons. The molecule has 1 saturated heterocycles. The Balaban J connectivity index is 0.839. The van der Waals surface area contributed by atoms with Crippen molar-refractivity contribution in [1.82, 2.24) is 40.8 Å². The molecule has 1 fully saturated rings. The summed E-state index contributed by atoms with van der Waals surface area (Å²) in [6, 6.07) is 9.28. The number of aromatic nitrogens is 4. The van der Waals surface area contributed by atoms with Crippen LogP contribution in [0.25, 0.3) is 11.2 Å². The molecule has 2 atom stereocenters. The van der Waals surface area contributed by atoms with Gasteiger partial charge in [-0.1, -0.05) is 31.7 Å². The first-order chi connectivity index (χ1) is 29.3. The molecule has 4 aromatic rings. The van der Waals surface area contributed by atoms with E-state index in [0.717, 1.165) is 49.1 Å². The van der Waals surface area contributed by atoms with Gasteiger partial charge in [-0.2, -0.15) is 9.97 Å². The smallest absolute Gasteiger partial charge is 0.326 e. The molecule has 0 spiro atoms. The summed E-state index contributed by atoms with van der Waals surface area (Å²) in [5.74, 6) is -4.18. The molecule has 2 aromatic heterocycles. The summed E-state index contributed by atoms with van der Waals surface area (Å²) < 4.78 is 0.